The largest absolute Gasteiger partial charge is 0.495 e. The Morgan fingerprint density at radius 3 is 2.39 bits per heavy atom. The number of fused-ring (bicyclic) bond motifs is 1. The van der Waals surface area contributed by atoms with Gasteiger partial charge in [0.2, 0.25) is 0 Å². The van der Waals surface area contributed by atoms with Gasteiger partial charge in [-0.25, -0.2) is 4.98 Å². The Morgan fingerprint density at radius 2 is 1.68 bits per heavy atom. The van der Waals surface area contributed by atoms with Crippen LogP contribution in [0.1, 0.15) is 0 Å². The van der Waals surface area contributed by atoms with E-state index in [1.807, 2.05) is 30.6 Å². The highest BCUT2D eigenvalue weighted by atomic mass is 35.5. The predicted molar refractivity (Wildman–Crippen MR) is 128 cm³/mol. The first-order chi connectivity index (χ1) is 15.1. The van der Waals surface area contributed by atoms with E-state index in [9.17, 15) is 0 Å². The third-order valence-corrected chi connectivity index (χ3v) is 6.36. The highest BCUT2D eigenvalue weighted by molar-refractivity contribution is 6.32. The molecule has 4 aromatic rings. The molecule has 0 saturated carbocycles. The van der Waals surface area contributed by atoms with Crippen molar-refractivity contribution in [2.45, 2.75) is 0 Å². The number of nitrogens with one attached hydrogen (secondary N) is 1. The molecule has 31 heavy (non-hydrogen) atoms. The maximum Gasteiger partial charge on any atom is 0.137 e. The second-order valence-electron chi connectivity index (χ2n) is 8.01. The van der Waals surface area contributed by atoms with Crippen LogP contribution in [0.3, 0.4) is 0 Å². The molecule has 2 aromatic heterocycles. The Labute approximate surface area is 187 Å². The second kappa shape index (κ2) is 8.25. The topological polar surface area (TPSA) is 44.4 Å². The van der Waals surface area contributed by atoms with Gasteiger partial charge < -0.3 is 19.5 Å². The molecule has 5 nitrogen and oxygen atoms in total. The quantitative estimate of drug-likeness (QED) is 0.474. The van der Waals surface area contributed by atoms with Gasteiger partial charge in [-0.1, -0.05) is 29.8 Å². The number of pyridine rings is 1. The van der Waals surface area contributed by atoms with Gasteiger partial charge in [0.25, 0.3) is 0 Å². The summed E-state index contributed by atoms with van der Waals surface area (Å²) in [5.74, 6) is 0.671. The van der Waals surface area contributed by atoms with Crippen LogP contribution in [-0.2, 0) is 0 Å². The number of methoxy groups -OCH3 is 1. The number of ether oxygens (including phenoxy) is 1. The van der Waals surface area contributed by atoms with Crippen molar-refractivity contribution in [3.63, 3.8) is 0 Å². The third-order valence-electron chi connectivity index (χ3n) is 6.06. The second-order valence-corrected chi connectivity index (χ2v) is 8.42. The molecule has 0 spiro atoms. The van der Waals surface area contributed by atoms with Gasteiger partial charge in [-0.3, -0.25) is 0 Å². The van der Waals surface area contributed by atoms with E-state index < -0.39 is 0 Å². The molecular formula is C25H25ClN4O. The number of hydrogen-bond acceptors (Lipinski definition) is 4. The lowest BCUT2D eigenvalue weighted by Crippen LogP contribution is -2.44. The molecule has 6 heteroatoms. The summed E-state index contributed by atoms with van der Waals surface area (Å²) in [5.41, 5.74) is 6.50. The van der Waals surface area contributed by atoms with Crippen molar-refractivity contribution in [1.82, 2.24) is 14.9 Å². The number of benzene rings is 2. The lowest BCUT2D eigenvalue weighted by Gasteiger charge is -2.34. The molecule has 0 bridgehead atoms. The summed E-state index contributed by atoms with van der Waals surface area (Å²) in [7, 11) is 3.80. The van der Waals surface area contributed by atoms with Crippen molar-refractivity contribution in [3.8, 4) is 28.0 Å². The van der Waals surface area contributed by atoms with Crippen molar-refractivity contribution in [2.24, 2.45) is 0 Å². The molecule has 0 radical (unpaired) electrons. The molecular weight excluding hydrogens is 408 g/mol. The zero-order chi connectivity index (χ0) is 21.4. The number of aromatic amines is 1. The summed E-state index contributed by atoms with van der Waals surface area (Å²) in [6, 6.07) is 16.8. The zero-order valence-electron chi connectivity index (χ0n) is 17.7. The van der Waals surface area contributed by atoms with Crippen LogP contribution < -0.4 is 9.64 Å². The fourth-order valence-corrected chi connectivity index (χ4v) is 4.42. The summed E-state index contributed by atoms with van der Waals surface area (Å²) in [6.45, 7) is 4.35. The first-order valence-electron chi connectivity index (χ1n) is 10.5. The van der Waals surface area contributed by atoms with Gasteiger partial charge in [-0.2, -0.15) is 0 Å². The zero-order valence-corrected chi connectivity index (χ0v) is 18.5. The third kappa shape index (κ3) is 3.87. The minimum absolute atomic E-state index is 0.595. The smallest absolute Gasteiger partial charge is 0.137 e. The number of nitrogens with zero attached hydrogens (tertiary/aromatic N) is 3. The lowest BCUT2D eigenvalue weighted by atomic mass is 10.0. The molecule has 0 amide bonds. The molecule has 2 aromatic carbocycles. The van der Waals surface area contributed by atoms with Crippen molar-refractivity contribution in [2.75, 3.05) is 45.2 Å². The van der Waals surface area contributed by atoms with Crippen LogP contribution in [0.15, 0.2) is 60.9 Å². The van der Waals surface area contributed by atoms with Crippen molar-refractivity contribution in [3.05, 3.63) is 65.9 Å². The number of rotatable bonds is 4. The van der Waals surface area contributed by atoms with Crippen LogP contribution in [0.5, 0.6) is 5.75 Å². The molecule has 3 heterocycles. The van der Waals surface area contributed by atoms with Crippen molar-refractivity contribution in [1.29, 1.82) is 0 Å². The fraction of sp³-hybridized carbons (Fsp3) is 0.240. The van der Waals surface area contributed by atoms with Gasteiger partial charge in [-0.05, 0) is 48.5 Å². The Bertz CT molecular complexity index is 1210. The number of anilines is 1. The van der Waals surface area contributed by atoms with Crippen LogP contribution >= 0.6 is 11.6 Å². The Kier molecular flexibility index (Phi) is 5.30. The fourth-order valence-electron chi connectivity index (χ4n) is 4.16. The Hall–Kier alpha value is -3.02. The number of piperazine rings is 1. The summed E-state index contributed by atoms with van der Waals surface area (Å²) in [6.07, 6.45) is 3.91. The minimum atomic E-state index is 0.595. The molecule has 0 aliphatic carbocycles. The predicted octanol–water partition coefficient (Wildman–Crippen LogP) is 5.31. The van der Waals surface area contributed by atoms with Gasteiger partial charge in [0.05, 0.1) is 12.1 Å². The van der Waals surface area contributed by atoms with Crippen LogP contribution in [0, 0.1) is 0 Å². The monoisotopic (exact) mass is 432 g/mol. The van der Waals surface area contributed by atoms with Gasteiger partial charge in [0.1, 0.15) is 11.4 Å². The van der Waals surface area contributed by atoms with E-state index in [2.05, 4.69) is 57.1 Å². The van der Waals surface area contributed by atoms with Crippen LogP contribution in [0.2, 0.25) is 5.02 Å². The number of likely N-dealkylation sites (N-methyl/N-ethyl adjacent to an activating group) is 1. The minimum Gasteiger partial charge on any atom is -0.495 e. The molecule has 1 saturated heterocycles. The van der Waals surface area contributed by atoms with E-state index in [-0.39, 0.29) is 0 Å². The van der Waals surface area contributed by atoms with Gasteiger partial charge in [0, 0.05) is 60.8 Å². The molecule has 158 valence electrons. The highest BCUT2D eigenvalue weighted by Gasteiger charge is 2.15. The molecule has 0 atom stereocenters. The molecule has 1 fully saturated rings. The van der Waals surface area contributed by atoms with Crippen LogP contribution in [0.25, 0.3) is 33.3 Å². The van der Waals surface area contributed by atoms with Gasteiger partial charge in [0.15, 0.2) is 0 Å². The number of aromatic nitrogens is 2. The van der Waals surface area contributed by atoms with E-state index >= 15 is 0 Å². The lowest BCUT2D eigenvalue weighted by molar-refractivity contribution is 0.313. The SMILES string of the molecule is COc1ccc(-c2c[nH]c3ncc(-c4ccc(N5CCN(C)CC5)cc4)cc23)cc1Cl. The summed E-state index contributed by atoms with van der Waals surface area (Å²) in [4.78, 5) is 12.7. The van der Waals surface area contributed by atoms with Crippen LogP contribution in [0.4, 0.5) is 5.69 Å². The van der Waals surface area contributed by atoms with Crippen molar-refractivity contribution >= 4 is 28.3 Å². The number of halogens is 1. The average molecular weight is 433 g/mol. The maximum absolute atomic E-state index is 6.35. The standard InChI is InChI=1S/C25H25ClN4O/c1-29-9-11-30(12-10-29)20-6-3-17(4-7-20)19-13-21-22(16-28-25(21)27-15-19)18-5-8-24(31-2)23(26)14-18/h3-8,13-16H,9-12H2,1-2H3,(H,27,28). The Balaban J connectivity index is 1.46. The molecule has 1 N–H and O–H groups in total. The maximum atomic E-state index is 6.35. The van der Waals surface area contributed by atoms with E-state index in [1.165, 1.54) is 5.69 Å². The summed E-state index contributed by atoms with van der Waals surface area (Å²) >= 11 is 6.35. The van der Waals surface area contributed by atoms with E-state index in [4.69, 9.17) is 16.3 Å². The first-order valence-corrected chi connectivity index (χ1v) is 10.8. The average Bonchev–Trinajstić information content (AvgIpc) is 3.23. The molecule has 1 aliphatic heterocycles. The number of hydrogen-bond donors (Lipinski definition) is 1. The molecule has 5 rings (SSSR count). The Morgan fingerprint density at radius 1 is 0.935 bits per heavy atom. The van der Waals surface area contributed by atoms with Crippen LogP contribution in [-0.4, -0.2) is 55.2 Å². The molecule has 0 unspecified atom stereocenters. The van der Waals surface area contributed by atoms with E-state index in [0.29, 0.717) is 10.8 Å². The van der Waals surface area contributed by atoms with Gasteiger partial charge in [-0.15, -0.1) is 0 Å². The van der Waals surface area contributed by atoms with E-state index in [0.717, 1.165) is 59.5 Å². The van der Waals surface area contributed by atoms with Gasteiger partial charge >= 0.3 is 0 Å². The van der Waals surface area contributed by atoms with Crippen molar-refractivity contribution < 1.29 is 4.74 Å². The summed E-state index contributed by atoms with van der Waals surface area (Å²) in [5, 5.41) is 1.67. The molecule has 1 aliphatic rings. The number of H-pyrrole nitrogens is 1. The normalized spacial score (nSPS) is 14.9. The summed E-state index contributed by atoms with van der Waals surface area (Å²) < 4.78 is 5.28. The highest BCUT2D eigenvalue weighted by Crippen LogP contribution is 2.35. The first kappa shape index (κ1) is 19.9. The van der Waals surface area contributed by atoms with E-state index in [1.54, 1.807) is 7.11 Å².